The summed E-state index contributed by atoms with van der Waals surface area (Å²) in [5, 5.41) is 11.1. The number of hydrogen-bond donors (Lipinski definition) is 2. The average molecular weight is 267 g/mol. The van der Waals surface area contributed by atoms with Crippen LogP contribution in [-0.4, -0.2) is 33.2 Å². The van der Waals surface area contributed by atoms with E-state index in [0.29, 0.717) is 0 Å². The van der Waals surface area contributed by atoms with Crippen molar-refractivity contribution in [2.75, 3.05) is 5.43 Å². The summed E-state index contributed by atoms with van der Waals surface area (Å²) in [5.74, 6) is -1.65. The topological polar surface area (TPSA) is 65.5 Å². The van der Waals surface area contributed by atoms with Gasteiger partial charge in [0.15, 0.2) is 5.82 Å². The molecular formula is C13H18FN3O2. The van der Waals surface area contributed by atoms with E-state index in [1.54, 1.807) is 0 Å². The van der Waals surface area contributed by atoms with Crippen LogP contribution in [0.15, 0.2) is 12.3 Å². The van der Waals surface area contributed by atoms with Crippen molar-refractivity contribution in [2.45, 2.75) is 45.2 Å². The number of nitrogens with one attached hydrogen (secondary N) is 1. The first-order valence-corrected chi connectivity index (χ1v) is 6.43. The number of anilines is 1. The predicted molar refractivity (Wildman–Crippen MR) is 69.4 cm³/mol. The minimum absolute atomic E-state index is 0.148. The molecule has 1 fully saturated rings. The van der Waals surface area contributed by atoms with Crippen LogP contribution in [0.4, 0.5) is 10.2 Å². The highest BCUT2D eigenvalue weighted by molar-refractivity contribution is 5.92. The Morgan fingerprint density at radius 2 is 2.11 bits per heavy atom. The summed E-state index contributed by atoms with van der Waals surface area (Å²) < 4.78 is 13.1. The summed E-state index contributed by atoms with van der Waals surface area (Å²) in [6.07, 6.45) is 4.26. The molecule has 0 amide bonds. The number of hydrogen-bond acceptors (Lipinski definition) is 4. The highest BCUT2D eigenvalue weighted by atomic mass is 19.1. The Bertz CT molecular complexity index is 471. The molecule has 2 atom stereocenters. The average Bonchev–Trinajstić information content (AvgIpc) is 2.35. The van der Waals surface area contributed by atoms with Crippen LogP contribution < -0.4 is 5.43 Å². The van der Waals surface area contributed by atoms with Crippen molar-refractivity contribution >= 4 is 11.8 Å². The number of nitrogens with zero attached hydrogens (tertiary/aromatic N) is 2. The van der Waals surface area contributed by atoms with Gasteiger partial charge in [-0.2, -0.15) is 0 Å². The zero-order chi connectivity index (χ0) is 14.0. The first kappa shape index (κ1) is 13.7. The lowest BCUT2D eigenvalue weighted by atomic mass is 10.00. The number of carboxylic acids is 1. The quantitative estimate of drug-likeness (QED) is 0.881. The molecular weight excluding hydrogens is 249 g/mol. The highest BCUT2D eigenvalue weighted by Crippen LogP contribution is 2.24. The third-order valence-electron chi connectivity index (χ3n) is 3.51. The van der Waals surface area contributed by atoms with Crippen LogP contribution in [0.5, 0.6) is 0 Å². The van der Waals surface area contributed by atoms with Crippen molar-refractivity contribution in [3.63, 3.8) is 0 Å². The highest BCUT2D eigenvalue weighted by Gasteiger charge is 2.26. The zero-order valence-corrected chi connectivity index (χ0v) is 11.1. The molecule has 0 radical (unpaired) electrons. The molecule has 2 heterocycles. The molecule has 1 aliphatic heterocycles. The Hall–Kier alpha value is -1.69. The van der Waals surface area contributed by atoms with E-state index in [2.05, 4.69) is 24.3 Å². The van der Waals surface area contributed by atoms with E-state index < -0.39 is 11.8 Å². The van der Waals surface area contributed by atoms with E-state index in [1.807, 2.05) is 5.01 Å². The minimum atomic E-state index is -1.19. The van der Waals surface area contributed by atoms with Gasteiger partial charge in [0, 0.05) is 12.1 Å². The van der Waals surface area contributed by atoms with Gasteiger partial charge in [-0.25, -0.2) is 19.2 Å². The summed E-state index contributed by atoms with van der Waals surface area (Å²) >= 11 is 0. The molecule has 19 heavy (non-hydrogen) atoms. The lowest BCUT2D eigenvalue weighted by molar-refractivity contribution is 0.0695. The molecule has 104 valence electrons. The zero-order valence-electron chi connectivity index (χ0n) is 11.1. The number of aromatic carboxylic acids is 1. The lowest BCUT2D eigenvalue weighted by Crippen LogP contribution is -2.47. The van der Waals surface area contributed by atoms with Gasteiger partial charge < -0.3 is 10.5 Å². The van der Waals surface area contributed by atoms with E-state index >= 15 is 0 Å². The fourth-order valence-electron chi connectivity index (χ4n) is 2.46. The number of aromatic nitrogens is 1. The van der Waals surface area contributed by atoms with E-state index in [-0.39, 0.29) is 23.5 Å². The van der Waals surface area contributed by atoms with Crippen molar-refractivity contribution in [1.82, 2.24) is 9.99 Å². The molecule has 2 unspecified atom stereocenters. The van der Waals surface area contributed by atoms with Gasteiger partial charge in [-0.1, -0.05) is 6.42 Å². The predicted octanol–water partition coefficient (Wildman–Crippen LogP) is 2.51. The number of rotatable bonds is 3. The number of hydrazine groups is 1. The maximum absolute atomic E-state index is 13.1. The Labute approximate surface area is 111 Å². The lowest BCUT2D eigenvalue weighted by Gasteiger charge is -2.39. The molecule has 0 aliphatic carbocycles. The van der Waals surface area contributed by atoms with E-state index in [9.17, 15) is 9.18 Å². The second kappa shape index (κ2) is 5.52. The van der Waals surface area contributed by atoms with Crippen LogP contribution >= 0.6 is 0 Å². The molecule has 1 aliphatic rings. The number of piperidine rings is 1. The van der Waals surface area contributed by atoms with Crippen molar-refractivity contribution in [3.8, 4) is 0 Å². The molecule has 2 N–H and O–H groups in total. The molecule has 1 aromatic heterocycles. The minimum Gasteiger partial charge on any atom is -0.478 e. The maximum Gasteiger partial charge on any atom is 0.339 e. The van der Waals surface area contributed by atoms with Crippen LogP contribution in [0.1, 0.15) is 43.5 Å². The smallest absolute Gasteiger partial charge is 0.339 e. The van der Waals surface area contributed by atoms with Gasteiger partial charge in [-0.3, -0.25) is 0 Å². The fraction of sp³-hybridized carbons (Fsp3) is 0.538. The third-order valence-corrected chi connectivity index (χ3v) is 3.51. The molecule has 5 nitrogen and oxygen atoms in total. The Balaban J connectivity index is 2.24. The van der Waals surface area contributed by atoms with Crippen LogP contribution in [0.25, 0.3) is 0 Å². The Kier molecular flexibility index (Phi) is 3.99. The molecule has 0 spiro atoms. The molecule has 0 bridgehead atoms. The van der Waals surface area contributed by atoms with Gasteiger partial charge >= 0.3 is 5.97 Å². The normalized spacial score (nSPS) is 24.2. The molecule has 1 aromatic rings. The van der Waals surface area contributed by atoms with Gasteiger partial charge in [-0.05, 0) is 32.8 Å². The third kappa shape index (κ3) is 3.01. The van der Waals surface area contributed by atoms with Gasteiger partial charge in [0.05, 0.1) is 6.20 Å². The van der Waals surface area contributed by atoms with Gasteiger partial charge in [-0.15, -0.1) is 0 Å². The Morgan fingerprint density at radius 1 is 1.47 bits per heavy atom. The van der Waals surface area contributed by atoms with E-state index in [1.165, 1.54) is 0 Å². The summed E-state index contributed by atoms with van der Waals surface area (Å²) in [5.41, 5.74) is 2.88. The van der Waals surface area contributed by atoms with Gasteiger partial charge in [0.2, 0.25) is 0 Å². The van der Waals surface area contributed by atoms with Crippen molar-refractivity contribution in [2.24, 2.45) is 0 Å². The number of halogens is 1. The summed E-state index contributed by atoms with van der Waals surface area (Å²) in [7, 11) is 0. The molecule has 1 saturated heterocycles. The second-order valence-electron chi connectivity index (χ2n) is 5.00. The summed E-state index contributed by atoms with van der Waals surface area (Å²) in [6, 6.07) is 1.56. The molecule has 6 heteroatoms. The van der Waals surface area contributed by atoms with Crippen LogP contribution in [0.2, 0.25) is 0 Å². The van der Waals surface area contributed by atoms with Crippen LogP contribution in [0.3, 0.4) is 0 Å². The standard InChI is InChI=1S/C13H18FN3O2/c1-8-4-3-5-9(2)17(8)16-12-11(13(18)19)6-10(14)7-15-12/h6-9H,3-5H2,1-2H3,(H,15,16)(H,18,19). The monoisotopic (exact) mass is 267 g/mol. The van der Waals surface area contributed by atoms with Crippen LogP contribution in [-0.2, 0) is 0 Å². The van der Waals surface area contributed by atoms with E-state index in [4.69, 9.17) is 5.11 Å². The van der Waals surface area contributed by atoms with Crippen LogP contribution in [0, 0.1) is 5.82 Å². The Morgan fingerprint density at radius 3 is 2.68 bits per heavy atom. The van der Waals surface area contributed by atoms with Gasteiger partial charge in [0.1, 0.15) is 11.4 Å². The first-order valence-electron chi connectivity index (χ1n) is 6.43. The molecule has 0 aromatic carbocycles. The maximum atomic E-state index is 13.1. The number of carboxylic acid groups (broad SMARTS) is 1. The largest absolute Gasteiger partial charge is 0.478 e. The second-order valence-corrected chi connectivity index (χ2v) is 5.00. The van der Waals surface area contributed by atoms with E-state index in [0.717, 1.165) is 31.5 Å². The number of carbonyl (C=O) groups is 1. The summed E-state index contributed by atoms with van der Waals surface area (Å²) in [6.45, 7) is 4.15. The molecule has 2 rings (SSSR count). The SMILES string of the molecule is CC1CCCC(C)N1Nc1ncc(F)cc1C(=O)O. The van der Waals surface area contributed by atoms with Crippen molar-refractivity contribution in [1.29, 1.82) is 0 Å². The summed E-state index contributed by atoms with van der Waals surface area (Å²) in [4.78, 5) is 15.0. The molecule has 0 saturated carbocycles. The number of pyridine rings is 1. The van der Waals surface area contributed by atoms with Crippen molar-refractivity contribution < 1.29 is 14.3 Å². The van der Waals surface area contributed by atoms with Gasteiger partial charge in [0.25, 0.3) is 0 Å². The fourth-order valence-corrected chi connectivity index (χ4v) is 2.46. The van der Waals surface area contributed by atoms with Crippen molar-refractivity contribution in [3.05, 3.63) is 23.6 Å². The first-order chi connectivity index (χ1) is 8.99.